The van der Waals surface area contributed by atoms with Crippen molar-refractivity contribution in [3.05, 3.63) is 35.6 Å². The minimum Gasteiger partial charge on any atom is -0.354 e. The molecule has 0 bridgehead atoms. The molecule has 2 atom stereocenters. The van der Waals surface area contributed by atoms with Gasteiger partial charge in [0.2, 0.25) is 11.8 Å². The van der Waals surface area contributed by atoms with Crippen molar-refractivity contribution in [3.8, 4) is 0 Å². The molecular weight excluding hydrogens is 285 g/mol. The molecule has 1 aromatic carbocycles. The number of likely N-dealkylation sites (N-methyl/N-ethyl adjacent to an activating group) is 1. The summed E-state index contributed by atoms with van der Waals surface area (Å²) in [7, 11) is 5.52. The van der Waals surface area contributed by atoms with E-state index in [9.17, 15) is 14.0 Å². The van der Waals surface area contributed by atoms with Crippen molar-refractivity contribution in [2.75, 3.05) is 34.2 Å². The highest BCUT2D eigenvalue weighted by molar-refractivity contribution is 5.89. The Bertz CT molecular complexity index is 545. The molecule has 0 radical (unpaired) electrons. The number of likely N-dealkylation sites (tertiary alicyclic amines) is 1. The number of carbonyl (C=O) groups excluding carboxylic acids is 2. The summed E-state index contributed by atoms with van der Waals surface area (Å²) < 4.78 is 13.0. The fourth-order valence-electron chi connectivity index (χ4n) is 2.66. The maximum atomic E-state index is 13.0. The Morgan fingerprint density at radius 2 is 2.05 bits per heavy atom. The van der Waals surface area contributed by atoms with E-state index in [0.717, 1.165) is 5.56 Å². The van der Waals surface area contributed by atoms with Crippen molar-refractivity contribution in [1.29, 1.82) is 0 Å². The zero-order valence-electron chi connectivity index (χ0n) is 13.2. The summed E-state index contributed by atoms with van der Waals surface area (Å²) in [6.07, 6.45) is 0.269. The molecule has 5 nitrogen and oxygen atoms in total. The zero-order chi connectivity index (χ0) is 16.3. The molecular formula is C16H22FN3O2. The lowest BCUT2D eigenvalue weighted by molar-refractivity contribution is -0.128. The molecule has 120 valence electrons. The van der Waals surface area contributed by atoms with Crippen molar-refractivity contribution in [2.24, 2.45) is 5.92 Å². The highest BCUT2D eigenvalue weighted by Crippen LogP contribution is 2.19. The molecule has 1 saturated heterocycles. The van der Waals surface area contributed by atoms with Gasteiger partial charge in [-0.05, 0) is 31.8 Å². The van der Waals surface area contributed by atoms with Gasteiger partial charge in [0.05, 0.1) is 12.0 Å². The topological polar surface area (TPSA) is 52.7 Å². The number of halogens is 1. The Morgan fingerprint density at radius 3 is 2.55 bits per heavy atom. The molecule has 0 saturated carbocycles. The second-order valence-electron chi connectivity index (χ2n) is 5.95. The maximum Gasteiger partial charge on any atom is 0.225 e. The second kappa shape index (κ2) is 6.87. The monoisotopic (exact) mass is 307 g/mol. The van der Waals surface area contributed by atoms with Gasteiger partial charge in [0.15, 0.2) is 0 Å². The predicted molar refractivity (Wildman–Crippen MR) is 81.6 cm³/mol. The number of amides is 2. The summed E-state index contributed by atoms with van der Waals surface area (Å²) in [5.41, 5.74) is 0.936. The van der Waals surface area contributed by atoms with E-state index in [2.05, 4.69) is 5.32 Å². The molecule has 0 unspecified atom stereocenters. The average molecular weight is 307 g/mol. The molecule has 2 rings (SSSR count). The van der Waals surface area contributed by atoms with E-state index >= 15 is 0 Å². The average Bonchev–Trinajstić information content (AvgIpc) is 2.80. The Labute approximate surface area is 130 Å². The summed E-state index contributed by atoms with van der Waals surface area (Å²) >= 11 is 0. The van der Waals surface area contributed by atoms with Crippen molar-refractivity contribution >= 4 is 11.8 Å². The Balaban J connectivity index is 1.96. The van der Waals surface area contributed by atoms with E-state index in [1.54, 1.807) is 24.1 Å². The van der Waals surface area contributed by atoms with Crippen LogP contribution in [0.25, 0.3) is 0 Å². The van der Waals surface area contributed by atoms with Gasteiger partial charge in [0.1, 0.15) is 5.82 Å². The Morgan fingerprint density at radius 1 is 1.41 bits per heavy atom. The standard InChI is InChI=1S/C16H22FN3O2/c1-19(2)14(11-4-6-13(17)7-5-11)9-18-16(22)12-8-15(21)20(3)10-12/h4-7,12,14H,8-10H2,1-3H3,(H,18,22)/t12-,14+/m0/s1. The van der Waals surface area contributed by atoms with E-state index in [1.807, 2.05) is 19.0 Å². The molecule has 1 aliphatic heterocycles. The van der Waals surface area contributed by atoms with Crippen LogP contribution in [0, 0.1) is 11.7 Å². The van der Waals surface area contributed by atoms with Gasteiger partial charge in [0.25, 0.3) is 0 Å². The van der Waals surface area contributed by atoms with Gasteiger partial charge in [0, 0.05) is 26.6 Å². The minimum absolute atomic E-state index is 0.00263. The molecule has 1 fully saturated rings. The van der Waals surface area contributed by atoms with Gasteiger partial charge in [-0.3, -0.25) is 9.59 Å². The molecule has 6 heteroatoms. The van der Waals surface area contributed by atoms with Crippen LogP contribution in [0.5, 0.6) is 0 Å². The summed E-state index contributed by atoms with van der Waals surface area (Å²) in [6, 6.07) is 6.23. The summed E-state index contributed by atoms with van der Waals surface area (Å²) in [5, 5.41) is 2.91. The van der Waals surface area contributed by atoms with Gasteiger partial charge in [-0.15, -0.1) is 0 Å². The van der Waals surface area contributed by atoms with Crippen LogP contribution in [0.2, 0.25) is 0 Å². The fourth-order valence-corrected chi connectivity index (χ4v) is 2.66. The fraction of sp³-hybridized carbons (Fsp3) is 0.500. The van der Waals surface area contributed by atoms with Crippen LogP contribution < -0.4 is 5.32 Å². The first-order valence-corrected chi connectivity index (χ1v) is 7.32. The third-order valence-electron chi connectivity index (χ3n) is 4.06. The second-order valence-corrected chi connectivity index (χ2v) is 5.95. The third-order valence-corrected chi connectivity index (χ3v) is 4.06. The minimum atomic E-state index is -0.284. The Kier molecular flexibility index (Phi) is 5.13. The molecule has 0 aliphatic carbocycles. The number of hydrogen-bond acceptors (Lipinski definition) is 3. The van der Waals surface area contributed by atoms with Crippen LogP contribution in [0.4, 0.5) is 4.39 Å². The molecule has 2 amide bonds. The lowest BCUT2D eigenvalue weighted by Crippen LogP contribution is -2.38. The smallest absolute Gasteiger partial charge is 0.225 e. The quantitative estimate of drug-likeness (QED) is 0.884. The van der Waals surface area contributed by atoms with Gasteiger partial charge in [-0.1, -0.05) is 12.1 Å². The SMILES string of the molecule is CN1C[C@@H](C(=O)NC[C@H](c2ccc(F)cc2)N(C)C)CC1=O. The van der Waals surface area contributed by atoms with Crippen LogP contribution >= 0.6 is 0 Å². The summed E-state index contributed by atoms with van der Waals surface area (Å²) in [4.78, 5) is 27.2. The predicted octanol–water partition coefficient (Wildman–Crippen LogP) is 1.02. The number of hydrogen-bond donors (Lipinski definition) is 1. The first-order valence-electron chi connectivity index (χ1n) is 7.32. The molecule has 1 aliphatic rings. The lowest BCUT2D eigenvalue weighted by Gasteiger charge is -2.25. The molecule has 1 aromatic rings. The molecule has 0 spiro atoms. The molecule has 22 heavy (non-hydrogen) atoms. The van der Waals surface area contributed by atoms with Crippen LogP contribution in [0.15, 0.2) is 24.3 Å². The van der Waals surface area contributed by atoms with Gasteiger partial charge < -0.3 is 15.1 Å². The normalized spacial score (nSPS) is 19.6. The van der Waals surface area contributed by atoms with Crippen LogP contribution in [0.3, 0.4) is 0 Å². The first kappa shape index (κ1) is 16.4. The number of rotatable bonds is 5. The van der Waals surface area contributed by atoms with Crippen LogP contribution in [-0.4, -0.2) is 55.8 Å². The van der Waals surface area contributed by atoms with Gasteiger partial charge in [-0.25, -0.2) is 4.39 Å². The largest absolute Gasteiger partial charge is 0.354 e. The highest BCUT2D eigenvalue weighted by Gasteiger charge is 2.32. The van der Waals surface area contributed by atoms with Crippen molar-refractivity contribution in [3.63, 3.8) is 0 Å². The number of nitrogens with zero attached hydrogens (tertiary/aromatic N) is 2. The number of nitrogens with one attached hydrogen (secondary N) is 1. The molecule has 0 aromatic heterocycles. The summed E-state index contributed by atoms with van der Waals surface area (Å²) in [6.45, 7) is 0.889. The maximum absolute atomic E-state index is 13.0. The van der Waals surface area contributed by atoms with Crippen molar-refractivity contribution < 1.29 is 14.0 Å². The van der Waals surface area contributed by atoms with Crippen molar-refractivity contribution in [2.45, 2.75) is 12.5 Å². The highest BCUT2D eigenvalue weighted by atomic mass is 19.1. The Hall–Kier alpha value is -1.95. The summed E-state index contributed by atoms with van der Waals surface area (Å²) in [5.74, 6) is -0.666. The van der Waals surface area contributed by atoms with Crippen LogP contribution in [0.1, 0.15) is 18.0 Å². The number of carbonyl (C=O) groups is 2. The van der Waals surface area contributed by atoms with E-state index < -0.39 is 0 Å². The van der Waals surface area contributed by atoms with Crippen molar-refractivity contribution in [1.82, 2.24) is 15.1 Å². The zero-order valence-corrected chi connectivity index (χ0v) is 13.2. The van der Waals surface area contributed by atoms with E-state index in [4.69, 9.17) is 0 Å². The molecule has 1 heterocycles. The first-order chi connectivity index (χ1) is 10.4. The number of benzene rings is 1. The lowest BCUT2D eigenvalue weighted by atomic mass is 10.0. The van der Waals surface area contributed by atoms with Gasteiger partial charge >= 0.3 is 0 Å². The van der Waals surface area contributed by atoms with E-state index in [-0.39, 0.29) is 36.0 Å². The molecule has 1 N–H and O–H groups in total. The van der Waals surface area contributed by atoms with Crippen LogP contribution in [-0.2, 0) is 9.59 Å². The third kappa shape index (κ3) is 3.82. The van der Waals surface area contributed by atoms with E-state index in [0.29, 0.717) is 13.1 Å². The van der Waals surface area contributed by atoms with Gasteiger partial charge in [-0.2, -0.15) is 0 Å². The van der Waals surface area contributed by atoms with E-state index in [1.165, 1.54) is 12.1 Å².